The lowest BCUT2D eigenvalue weighted by atomic mass is 10.1. The van der Waals surface area contributed by atoms with Gasteiger partial charge in [0.2, 0.25) is 0 Å². The Bertz CT molecular complexity index is 558. The average Bonchev–Trinajstić information content (AvgIpc) is 2.45. The Kier molecular flexibility index (Phi) is 6.15. The Balaban J connectivity index is 2.70. The normalized spacial score (nSPS) is 15.0. The number of ether oxygens (including phenoxy) is 1. The molecule has 120 valence electrons. The molecule has 21 heavy (non-hydrogen) atoms. The van der Waals surface area contributed by atoms with Gasteiger partial charge in [0, 0.05) is 20.1 Å². The van der Waals surface area contributed by atoms with Crippen LogP contribution in [0.1, 0.15) is 25.8 Å². The summed E-state index contributed by atoms with van der Waals surface area (Å²) in [4.78, 5) is 0. The fourth-order valence-corrected chi connectivity index (χ4v) is 2.63. The van der Waals surface area contributed by atoms with Crippen molar-refractivity contribution in [1.82, 2.24) is 9.03 Å². The zero-order valence-corrected chi connectivity index (χ0v) is 13.8. The van der Waals surface area contributed by atoms with Gasteiger partial charge in [-0.25, -0.2) is 0 Å². The number of nitrogens with one attached hydrogen (secondary N) is 1. The molecule has 0 bridgehead atoms. The molecule has 0 aromatic heterocycles. The number of benzene rings is 1. The first kappa shape index (κ1) is 17.9. The van der Waals surface area contributed by atoms with E-state index in [9.17, 15) is 13.5 Å². The predicted octanol–water partition coefficient (Wildman–Crippen LogP) is 1.12. The minimum atomic E-state index is -3.64. The molecule has 1 aromatic rings. The van der Waals surface area contributed by atoms with E-state index < -0.39 is 15.8 Å². The van der Waals surface area contributed by atoms with E-state index in [0.29, 0.717) is 12.2 Å². The standard InChI is InChI=1S/C14H24N2O4S/c1-5-14(2,17)11-15-21(18,19)16(3)10-12-7-6-8-13(9-12)20-4/h6-9,15,17H,5,10-11H2,1-4H3. The fourth-order valence-electron chi connectivity index (χ4n) is 1.59. The molecule has 0 aliphatic heterocycles. The highest BCUT2D eigenvalue weighted by Crippen LogP contribution is 2.15. The number of rotatable bonds is 8. The van der Waals surface area contributed by atoms with Gasteiger partial charge in [-0.2, -0.15) is 17.4 Å². The van der Waals surface area contributed by atoms with Crippen LogP contribution >= 0.6 is 0 Å². The van der Waals surface area contributed by atoms with Crippen LogP contribution in [0.3, 0.4) is 0 Å². The Morgan fingerprint density at radius 1 is 1.43 bits per heavy atom. The average molecular weight is 316 g/mol. The Hall–Kier alpha value is -1.15. The van der Waals surface area contributed by atoms with Crippen molar-refractivity contribution < 1.29 is 18.3 Å². The van der Waals surface area contributed by atoms with Crippen molar-refractivity contribution in [2.75, 3.05) is 20.7 Å². The molecule has 0 saturated heterocycles. The van der Waals surface area contributed by atoms with Crippen LogP contribution in [0.15, 0.2) is 24.3 Å². The highest BCUT2D eigenvalue weighted by molar-refractivity contribution is 7.87. The monoisotopic (exact) mass is 316 g/mol. The minimum Gasteiger partial charge on any atom is -0.497 e. The summed E-state index contributed by atoms with van der Waals surface area (Å²) in [5, 5.41) is 9.86. The predicted molar refractivity (Wildman–Crippen MR) is 82.3 cm³/mol. The molecule has 1 unspecified atom stereocenters. The van der Waals surface area contributed by atoms with Crippen molar-refractivity contribution in [2.45, 2.75) is 32.4 Å². The third-order valence-corrected chi connectivity index (χ3v) is 4.81. The highest BCUT2D eigenvalue weighted by atomic mass is 32.2. The van der Waals surface area contributed by atoms with Crippen LogP contribution in [0, 0.1) is 0 Å². The van der Waals surface area contributed by atoms with Gasteiger partial charge in [0.05, 0.1) is 12.7 Å². The number of hydrogen-bond acceptors (Lipinski definition) is 4. The number of hydrogen-bond donors (Lipinski definition) is 2. The molecule has 2 N–H and O–H groups in total. The molecule has 0 aliphatic carbocycles. The zero-order chi connectivity index (χ0) is 16.1. The van der Waals surface area contributed by atoms with Crippen molar-refractivity contribution in [2.24, 2.45) is 0 Å². The Labute approximate surface area is 126 Å². The number of aliphatic hydroxyl groups is 1. The Morgan fingerprint density at radius 2 is 2.10 bits per heavy atom. The van der Waals surface area contributed by atoms with Crippen LogP contribution in [0.25, 0.3) is 0 Å². The van der Waals surface area contributed by atoms with Crippen LogP contribution in [0.4, 0.5) is 0 Å². The van der Waals surface area contributed by atoms with E-state index >= 15 is 0 Å². The minimum absolute atomic E-state index is 0.0196. The van der Waals surface area contributed by atoms with E-state index in [4.69, 9.17) is 4.74 Å². The molecular formula is C14H24N2O4S. The molecule has 0 heterocycles. The van der Waals surface area contributed by atoms with Crippen LogP contribution in [-0.4, -0.2) is 44.1 Å². The van der Waals surface area contributed by atoms with Crippen molar-refractivity contribution in [3.63, 3.8) is 0 Å². The molecular weight excluding hydrogens is 292 g/mol. The summed E-state index contributed by atoms with van der Waals surface area (Å²) >= 11 is 0. The smallest absolute Gasteiger partial charge is 0.279 e. The van der Waals surface area contributed by atoms with Gasteiger partial charge in [-0.3, -0.25) is 0 Å². The second-order valence-electron chi connectivity index (χ2n) is 5.28. The SMILES string of the molecule is CCC(C)(O)CNS(=O)(=O)N(C)Cc1cccc(OC)c1. The summed E-state index contributed by atoms with van der Waals surface area (Å²) in [5.41, 5.74) is -0.228. The Morgan fingerprint density at radius 3 is 2.67 bits per heavy atom. The third-order valence-electron chi connectivity index (χ3n) is 3.35. The third kappa shape index (κ3) is 5.62. The number of nitrogens with zero attached hydrogens (tertiary/aromatic N) is 1. The van der Waals surface area contributed by atoms with Gasteiger partial charge in [0.25, 0.3) is 10.2 Å². The molecule has 6 nitrogen and oxygen atoms in total. The van der Waals surface area contributed by atoms with Crippen molar-refractivity contribution in [3.8, 4) is 5.75 Å². The van der Waals surface area contributed by atoms with Crippen LogP contribution < -0.4 is 9.46 Å². The first-order valence-corrected chi connectivity index (χ1v) is 8.20. The van der Waals surface area contributed by atoms with Crippen molar-refractivity contribution in [1.29, 1.82) is 0 Å². The van der Waals surface area contributed by atoms with Crippen molar-refractivity contribution in [3.05, 3.63) is 29.8 Å². The molecule has 1 aromatic carbocycles. The molecule has 0 spiro atoms. The van der Waals surface area contributed by atoms with Gasteiger partial charge in [-0.1, -0.05) is 19.1 Å². The summed E-state index contributed by atoms with van der Waals surface area (Å²) in [6, 6.07) is 7.23. The van der Waals surface area contributed by atoms with E-state index in [1.165, 1.54) is 11.4 Å². The first-order chi connectivity index (χ1) is 9.70. The lowest BCUT2D eigenvalue weighted by molar-refractivity contribution is 0.0609. The molecule has 0 radical (unpaired) electrons. The van der Waals surface area contributed by atoms with E-state index in [2.05, 4.69) is 4.72 Å². The second-order valence-corrected chi connectivity index (χ2v) is 7.15. The van der Waals surface area contributed by atoms with E-state index in [1.54, 1.807) is 33.1 Å². The van der Waals surface area contributed by atoms with Crippen LogP contribution in [0.5, 0.6) is 5.75 Å². The van der Waals surface area contributed by atoms with Gasteiger partial charge in [0.15, 0.2) is 0 Å². The van der Waals surface area contributed by atoms with Crippen LogP contribution in [0.2, 0.25) is 0 Å². The summed E-state index contributed by atoms with van der Waals surface area (Å²) < 4.78 is 33.0. The van der Waals surface area contributed by atoms with E-state index in [1.807, 2.05) is 12.1 Å². The largest absolute Gasteiger partial charge is 0.497 e. The molecule has 1 rings (SSSR count). The zero-order valence-electron chi connectivity index (χ0n) is 13.0. The maximum atomic E-state index is 12.1. The quantitative estimate of drug-likeness (QED) is 0.753. The van der Waals surface area contributed by atoms with Crippen molar-refractivity contribution >= 4 is 10.2 Å². The molecule has 0 saturated carbocycles. The van der Waals surface area contributed by atoms with Gasteiger partial charge >= 0.3 is 0 Å². The summed E-state index contributed by atoms with van der Waals surface area (Å²) in [5.74, 6) is 0.681. The van der Waals surface area contributed by atoms with Gasteiger partial charge in [-0.05, 0) is 31.0 Å². The fraction of sp³-hybridized carbons (Fsp3) is 0.571. The second kappa shape index (κ2) is 7.22. The van der Waals surface area contributed by atoms with Gasteiger partial charge in [-0.15, -0.1) is 0 Å². The molecule has 1 atom stereocenters. The summed E-state index contributed by atoms with van der Waals surface area (Å²) in [7, 11) is -0.587. The summed E-state index contributed by atoms with van der Waals surface area (Å²) in [6.45, 7) is 3.60. The van der Waals surface area contributed by atoms with E-state index in [-0.39, 0.29) is 13.1 Å². The lowest BCUT2D eigenvalue weighted by Crippen LogP contribution is -2.45. The molecule has 0 fully saturated rings. The topological polar surface area (TPSA) is 78.9 Å². The van der Waals surface area contributed by atoms with Gasteiger partial charge in [0.1, 0.15) is 5.75 Å². The first-order valence-electron chi connectivity index (χ1n) is 6.76. The highest BCUT2D eigenvalue weighted by Gasteiger charge is 2.24. The maximum absolute atomic E-state index is 12.1. The molecule has 0 amide bonds. The lowest BCUT2D eigenvalue weighted by Gasteiger charge is -2.24. The van der Waals surface area contributed by atoms with Crippen LogP contribution in [-0.2, 0) is 16.8 Å². The van der Waals surface area contributed by atoms with Gasteiger partial charge < -0.3 is 9.84 Å². The summed E-state index contributed by atoms with van der Waals surface area (Å²) in [6.07, 6.45) is 0.467. The molecule has 0 aliphatic rings. The number of methoxy groups -OCH3 is 1. The van der Waals surface area contributed by atoms with E-state index in [0.717, 1.165) is 5.56 Å². The molecule has 7 heteroatoms. The maximum Gasteiger partial charge on any atom is 0.279 e.